The van der Waals surface area contributed by atoms with Crippen molar-refractivity contribution in [2.45, 2.75) is 5.92 Å². The fourth-order valence-electron chi connectivity index (χ4n) is 2.32. The maximum atomic E-state index is 12.0. The van der Waals surface area contributed by atoms with Gasteiger partial charge < -0.3 is 0 Å². The molecule has 3 heteroatoms. The van der Waals surface area contributed by atoms with E-state index in [9.17, 15) is 9.59 Å². The third-order valence-corrected chi connectivity index (χ3v) is 3.15. The molecule has 0 fully saturated rings. The second-order valence-electron chi connectivity index (χ2n) is 4.25. The van der Waals surface area contributed by atoms with Gasteiger partial charge in [0, 0.05) is 5.56 Å². The summed E-state index contributed by atoms with van der Waals surface area (Å²) in [6.45, 7) is 0. The van der Waals surface area contributed by atoms with Crippen LogP contribution in [0.1, 0.15) is 27.4 Å². The van der Waals surface area contributed by atoms with Crippen LogP contribution in [0.3, 0.4) is 0 Å². The lowest BCUT2D eigenvalue weighted by Crippen LogP contribution is -2.40. The Bertz CT molecular complexity index is 619. The van der Waals surface area contributed by atoms with Gasteiger partial charge in [0.15, 0.2) is 0 Å². The summed E-state index contributed by atoms with van der Waals surface area (Å²) in [5.74, 6) is -0.979. The Hall–Kier alpha value is -2.42. The maximum Gasteiger partial charge on any atom is 0.258 e. The largest absolute Gasteiger partial charge is 0.291 e. The number of carbonyl (C=O) groups is 2. The van der Waals surface area contributed by atoms with Gasteiger partial charge in [0.2, 0.25) is 5.91 Å². The second-order valence-corrected chi connectivity index (χ2v) is 4.25. The minimum Gasteiger partial charge on any atom is -0.291 e. The molecule has 2 aromatic rings. The molecule has 3 rings (SSSR count). The van der Waals surface area contributed by atoms with Gasteiger partial charge >= 0.3 is 0 Å². The number of fused-ring (bicyclic) bond motifs is 1. The van der Waals surface area contributed by atoms with Gasteiger partial charge in [-0.2, -0.15) is 0 Å². The molecule has 3 nitrogen and oxygen atoms in total. The molecule has 1 unspecified atom stereocenters. The predicted octanol–water partition coefficient (Wildman–Crippen LogP) is 2.09. The topological polar surface area (TPSA) is 46.2 Å². The third kappa shape index (κ3) is 1.61. The number of imide groups is 1. The minimum absolute atomic E-state index is 0.259. The zero-order chi connectivity index (χ0) is 12.5. The highest BCUT2D eigenvalue weighted by atomic mass is 16.2. The Morgan fingerprint density at radius 2 is 1.50 bits per heavy atom. The molecule has 0 bridgehead atoms. The van der Waals surface area contributed by atoms with Crippen LogP contribution in [0.15, 0.2) is 54.6 Å². The van der Waals surface area contributed by atoms with Gasteiger partial charge in [-0.1, -0.05) is 48.5 Å². The van der Waals surface area contributed by atoms with Crippen LogP contribution in [-0.2, 0) is 4.79 Å². The molecular weight excluding hydrogens is 226 g/mol. The first-order valence-electron chi connectivity index (χ1n) is 5.76. The molecule has 2 amide bonds. The Kier molecular flexibility index (Phi) is 2.45. The fourth-order valence-corrected chi connectivity index (χ4v) is 2.32. The molecule has 1 N–H and O–H groups in total. The van der Waals surface area contributed by atoms with Crippen molar-refractivity contribution < 1.29 is 9.59 Å². The molecule has 1 atom stereocenters. The van der Waals surface area contributed by atoms with Crippen LogP contribution in [0, 0.1) is 0 Å². The summed E-state index contributed by atoms with van der Waals surface area (Å²) in [6, 6.07) is 16.7. The smallest absolute Gasteiger partial charge is 0.258 e. The third-order valence-electron chi connectivity index (χ3n) is 3.15. The quantitative estimate of drug-likeness (QED) is 0.772. The molecule has 0 radical (unpaired) electrons. The van der Waals surface area contributed by atoms with Crippen LogP contribution in [0.4, 0.5) is 0 Å². The zero-order valence-corrected chi connectivity index (χ0v) is 9.59. The fraction of sp³-hybridized carbons (Fsp3) is 0.0667. The average Bonchev–Trinajstić information content (AvgIpc) is 2.40. The van der Waals surface area contributed by atoms with E-state index in [0.29, 0.717) is 5.56 Å². The number of carbonyl (C=O) groups excluding carboxylic acids is 2. The first kappa shape index (κ1) is 10.7. The number of rotatable bonds is 1. The van der Waals surface area contributed by atoms with Gasteiger partial charge in [-0.05, 0) is 17.2 Å². The lowest BCUT2D eigenvalue weighted by atomic mass is 9.85. The van der Waals surface area contributed by atoms with Crippen molar-refractivity contribution >= 4 is 11.8 Å². The van der Waals surface area contributed by atoms with Crippen molar-refractivity contribution in [1.29, 1.82) is 0 Å². The summed E-state index contributed by atoms with van der Waals surface area (Å²) < 4.78 is 0. The lowest BCUT2D eigenvalue weighted by molar-refractivity contribution is -0.121. The summed E-state index contributed by atoms with van der Waals surface area (Å²) >= 11 is 0. The monoisotopic (exact) mass is 237 g/mol. The average molecular weight is 237 g/mol. The van der Waals surface area contributed by atoms with Gasteiger partial charge in [-0.3, -0.25) is 14.9 Å². The van der Waals surface area contributed by atoms with E-state index in [-0.39, 0.29) is 11.8 Å². The Morgan fingerprint density at radius 3 is 2.28 bits per heavy atom. The number of benzene rings is 2. The number of hydrogen-bond donors (Lipinski definition) is 1. The molecule has 2 aromatic carbocycles. The Labute approximate surface area is 104 Å². The van der Waals surface area contributed by atoms with Crippen LogP contribution in [0.25, 0.3) is 0 Å². The molecule has 88 valence electrons. The van der Waals surface area contributed by atoms with Crippen LogP contribution >= 0.6 is 0 Å². The summed E-state index contributed by atoms with van der Waals surface area (Å²) in [6.07, 6.45) is 0. The van der Waals surface area contributed by atoms with Crippen molar-refractivity contribution in [2.75, 3.05) is 0 Å². The van der Waals surface area contributed by atoms with E-state index >= 15 is 0 Å². The molecule has 0 saturated heterocycles. The van der Waals surface area contributed by atoms with E-state index in [1.165, 1.54) is 0 Å². The summed E-state index contributed by atoms with van der Waals surface area (Å²) in [4.78, 5) is 23.8. The van der Waals surface area contributed by atoms with Gasteiger partial charge in [0.1, 0.15) is 0 Å². The van der Waals surface area contributed by atoms with Gasteiger partial charge in [0.25, 0.3) is 5.91 Å². The van der Waals surface area contributed by atoms with E-state index in [0.717, 1.165) is 11.1 Å². The Balaban J connectivity index is 2.18. The number of nitrogens with one attached hydrogen (secondary N) is 1. The normalized spacial score (nSPS) is 18.1. The number of hydrogen-bond acceptors (Lipinski definition) is 2. The highest BCUT2D eigenvalue weighted by Gasteiger charge is 2.32. The zero-order valence-electron chi connectivity index (χ0n) is 9.59. The van der Waals surface area contributed by atoms with Crippen molar-refractivity contribution in [3.05, 3.63) is 71.3 Å². The van der Waals surface area contributed by atoms with Crippen LogP contribution in [-0.4, -0.2) is 11.8 Å². The number of amides is 2. The SMILES string of the molecule is O=C1NC(=O)C(c2ccccc2)c2ccccc21. The highest BCUT2D eigenvalue weighted by molar-refractivity contribution is 6.12. The molecular formula is C15H11NO2. The molecule has 0 aliphatic carbocycles. The summed E-state index contributed by atoms with van der Waals surface area (Å²) in [7, 11) is 0. The summed E-state index contributed by atoms with van der Waals surface area (Å²) in [5.41, 5.74) is 2.25. The maximum absolute atomic E-state index is 12.0. The van der Waals surface area contributed by atoms with Crippen molar-refractivity contribution in [2.24, 2.45) is 0 Å². The second kappa shape index (κ2) is 4.11. The van der Waals surface area contributed by atoms with Crippen LogP contribution in [0.2, 0.25) is 0 Å². The first-order chi connectivity index (χ1) is 8.77. The predicted molar refractivity (Wildman–Crippen MR) is 67.2 cm³/mol. The first-order valence-corrected chi connectivity index (χ1v) is 5.76. The molecule has 0 aromatic heterocycles. The van der Waals surface area contributed by atoms with Crippen LogP contribution in [0.5, 0.6) is 0 Å². The van der Waals surface area contributed by atoms with E-state index in [1.54, 1.807) is 12.1 Å². The van der Waals surface area contributed by atoms with Crippen molar-refractivity contribution in [3.8, 4) is 0 Å². The van der Waals surface area contributed by atoms with E-state index in [2.05, 4.69) is 5.32 Å². The van der Waals surface area contributed by atoms with E-state index in [4.69, 9.17) is 0 Å². The molecule has 0 spiro atoms. The lowest BCUT2D eigenvalue weighted by Gasteiger charge is -2.24. The summed E-state index contributed by atoms with van der Waals surface area (Å²) in [5, 5.41) is 2.41. The van der Waals surface area contributed by atoms with Crippen molar-refractivity contribution in [1.82, 2.24) is 5.32 Å². The molecule has 18 heavy (non-hydrogen) atoms. The van der Waals surface area contributed by atoms with E-state index in [1.807, 2.05) is 42.5 Å². The standard InChI is InChI=1S/C15H11NO2/c17-14-12-9-5-4-8-11(12)13(15(18)16-14)10-6-2-1-3-7-10/h1-9,13H,(H,16,17,18). The van der Waals surface area contributed by atoms with Gasteiger partial charge in [0.05, 0.1) is 5.92 Å². The van der Waals surface area contributed by atoms with Crippen LogP contribution < -0.4 is 5.32 Å². The minimum atomic E-state index is -0.403. The van der Waals surface area contributed by atoms with Crippen molar-refractivity contribution in [3.63, 3.8) is 0 Å². The van der Waals surface area contributed by atoms with E-state index < -0.39 is 5.92 Å². The van der Waals surface area contributed by atoms with Gasteiger partial charge in [-0.25, -0.2) is 0 Å². The highest BCUT2D eigenvalue weighted by Crippen LogP contribution is 2.30. The Morgan fingerprint density at radius 1 is 0.833 bits per heavy atom. The molecule has 1 aliphatic heterocycles. The van der Waals surface area contributed by atoms with Gasteiger partial charge in [-0.15, -0.1) is 0 Å². The molecule has 1 aliphatic rings. The molecule has 1 heterocycles. The molecule has 0 saturated carbocycles.